The molecule has 92 valence electrons. The minimum atomic E-state index is 0.0916. The Labute approximate surface area is 113 Å². The highest BCUT2D eigenvalue weighted by Crippen LogP contribution is 2.53. The molecule has 0 spiro atoms. The summed E-state index contributed by atoms with van der Waals surface area (Å²) in [6.45, 7) is 0. The van der Waals surface area contributed by atoms with Crippen LogP contribution in [0.1, 0.15) is 29.5 Å². The maximum absolute atomic E-state index is 6.34. The van der Waals surface area contributed by atoms with Crippen molar-refractivity contribution in [3.63, 3.8) is 0 Å². The number of benzene rings is 2. The Morgan fingerprint density at radius 1 is 1.06 bits per heavy atom. The van der Waals surface area contributed by atoms with Gasteiger partial charge in [-0.05, 0) is 41.5 Å². The molecule has 1 aliphatic carbocycles. The van der Waals surface area contributed by atoms with E-state index in [4.69, 9.17) is 17.3 Å². The second kappa shape index (κ2) is 4.75. The molecule has 1 saturated carbocycles. The van der Waals surface area contributed by atoms with Crippen molar-refractivity contribution in [1.29, 1.82) is 0 Å². The molecule has 1 nitrogen and oxygen atoms in total. The van der Waals surface area contributed by atoms with Crippen LogP contribution in [0.5, 0.6) is 0 Å². The molecular weight excluding hydrogens is 242 g/mol. The van der Waals surface area contributed by atoms with Crippen molar-refractivity contribution >= 4 is 11.6 Å². The van der Waals surface area contributed by atoms with Gasteiger partial charge in [-0.15, -0.1) is 0 Å². The molecule has 0 saturated heterocycles. The highest BCUT2D eigenvalue weighted by atomic mass is 35.5. The second-order valence-corrected chi connectivity index (χ2v) is 5.43. The first-order valence-corrected chi connectivity index (χ1v) is 6.69. The van der Waals surface area contributed by atoms with E-state index in [1.54, 1.807) is 0 Å². The Morgan fingerprint density at radius 3 is 2.56 bits per heavy atom. The largest absolute Gasteiger partial charge is 0.324 e. The second-order valence-electron chi connectivity index (χ2n) is 5.00. The Bertz CT molecular complexity index is 538. The molecule has 3 atom stereocenters. The molecule has 2 heteroatoms. The van der Waals surface area contributed by atoms with Gasteiger partial charge in [0.1, 0.15) is 0 Å². The van der Waals surface area contributed by atoms with Crippen molar-refractivity contribution in [2.75, 3.05) is 0 Å². The smallest absolute Gasteiger partial charge is 0.0409 e. The average molecular weight is 258 g/mol. The Morgan fingerprint density at radius 2 is 1.83 bits per heavy atom. The Balaban J connectivity index is 1.75. The zero-order valence-corrected chi connectivity index (χ0v) is 10.8. The monoisotopic (exact) mass is 257 g/mol. The van der Waals surface area contributed by atoms with E-state index >= 15 is 0 Å². The van der Waals surface area contributed by atoms with Crippen LogP contribution >= 0.6 is 11.6 Å². The fourth-order valence-electron chi connectivity index (χ4n) is 2.66. The van der Waals surface area contributed by atoms with Crippen LogP contribution in [0, 0.1) is 5.92 Å². The lowest BCUT2D eigenvalue weighted by molar-refractivity contribution is 0.616. The van der Waals surface area contributed by atoms with Crippen LogP contribution in [0.2, 0.25) is 5.02 Å². The van der Waals surface area contributed by atoms with E-state index in [0.717, 1.165) is 10.6 Å². The normalized spacial score (nSPS) is 23.7. The van der Waals surface area contributed by atoms with Gasteiger partial charge in [-0.2, -0.15) is 0 Å². The molecule has 0 radical (unpaired) electrons. The molecule has 1 aliphatic rings. The van der Waals surface area contributed by atoms with Crippen molar-refractivity contribution in [2.45, 2.75) is 18.4 Å². The molecule has 0 amide bonds. The average Bonchev–Trinajstić information content (AvgIpc) is 3.19. The van der Waals surface area contributed by atoms with Crippen molar-refractivity contribution < 1.29 is 0 Å². The Hall–Kier alpha value is -1.31. The first-order valence-electron chi connectivity index (χ1n) is 6.31. The summed E-state index contributed by atoms with van der Waals surface area (Å²) < 4.78 is 0. The molecule has 18 heavy (non-hydrogen) atoms. The number of rotatable bonds is 3. The quantitative estimate of drug-likeness (QED) is 0.879. The molecule has 3 rings (SSSR count). The van der Waals surface area contributed by atoms with Crippen LogP contribution in [0.4, 0.5) is 0 Å². The van der Waals surface area contributed by atoms with Gasteiger partial charge in [-0.25, -0.2) is 0 Å². The van der Waals surface area contributed by atoms with E-state index in [-0.39, 0.29) is 6.04 Å². The summed E-state index contributed by atoms with van der Waals surface area (Å²) in [7, 11) is 0. The maximum Gasteiger partial charge on any atom is 0.0409 e. The minimum absolute atomic E-state index is 0.0916. The molecule has 0 aromatic heterocycles. The summed E-state index contributed by atoms with van der Waals surface area (Å²) in [6, 6.07) is 18.6. The van der Waals surface area contributed by atoms with Crippen LogP contribution in [-0.2, 0) is 0 Å². The van der Waals surface area contributed by atoms with E-state index in [9.17, 15) is 0 Å². The molecule has 0 bridgehead atoms. The number of hydrogen-bond donors (Lipinski definition) is 1. The number of hydrogen-bond acceptors (Lipinski definition) is 1. The van der Waals surface area contributed by atoms with Crippen LogP contribution in [0.3, 0.4) is 0 Å². The van der Waals surface area contributed by atoms with Crippen LogP contribution < -0.4 is 5.73 Å². The van der Waals surface area contributed by atoms with E-state index in [2.05, 4.69) is 36.4 Å². The standard InChI is InChI=1S/C16H16ClN/c17-13-8-4-7-12(9-13)16(18)15-10-14(15)11-5-2-1-3-6-11/h1-9,14-16H,10,18H2. The summed E-state index contributed by atoms with van der Waals surface area (Å²) in [4.78, 5) is 0. The first kappa shape index (κ1) is 11.8. The predicted octanol–water partition coefficient (Wildman–Crippen LogP) is 4.14. The van der Waals surface area contributed by atoms with Crippen molar-refractivity contribution in [2.24, 2.45) is 11.7 Å². The summed E-state index contributed by atoms with van der Waals surface area (Å²) in [5, 5.41) is 0.764. The topological polar surface area (TPSA) is 26.0 Å². The van der Waals surface area contributed by atoms with E-state index < -0.39 is 0 Å². The third-order valence-corrected chi connectivity index (χ3v) is 4.00. The molecular formula is C16H16ClN. The molecule has 2 aromatic rings. The number of halogens is 1. The van der Waals surface area contributed by atoms with Gasteiger partial charge in [0.2, 0.25) is 0 Å². The van der Waals surface area contributed by atoms with Gasteiger partial charge >= 0.3 is 0 Å². The van der Waals surface area contributed by atoms with Gasteiger partial charge in [-0.1, -0.05) is 54.1 Å². The molecule has 2 aromatic carbocycles. The van der Waals surface area contributed by atoms with Gasteiger partial charge in [0.15, 0.2) is 0 Å². The van der Waals surface area contributed by atoms with Gasteiger partial charge in [0.25, 0.3) is 0 Å². The summed E-state index contributed by atoms with van der Waals surface area (Å²) in [5.41, 5.74) is 8.89. The lowest BCUT2D eigenvalue weighted by Gasteiger charge is -2.12. The van der Waals surface area contributed by atoms with Crippen molar-refractivity contribution in [3.8, 4) is 0 Å². The number of nitrogens with two attached hydrogens (primary N) is 1. The lowest BCUT2D eigenvalue weighted by Crippen LogP contribution is -2.13. The Kier molecular flexibility index (Phi) is 3.11. The third-order valence-electron chi connectivity index (χ3n) is 3.76. The third kappa shape index (κ3) is 2.29. The van der Waals surface area contributed by atoms with Crippen molar-refractivity contribution in [1.82, 2.24) is 0 Å². The van der Waals surface area contributed by atoms with Gasteiger partial charge in [0, 0.05) is 11.1 Å². The predicted molar refractivity (Wildman–Crippen MR) is 75.7 cm³/mol. The first-order chi connectivity index (χ1) is 8.75. The minimum Gasteiger partial charge on any atom is -0.324 e. The van der Waals surface area contributed by atoms with Crippen LogP contribution in [0.25, 0.3) is 0 Å². The van der Waals surface area contributed by atoms with E-state index in [1.807, 2.05) is 18.2 Å². The summed E-state index contributed by atoms with van der Waals surface area (Å²) >= 11 is 6.01. The van der Waals surface area contributed by atoms with Gasteiger partial charge in [-0.3, -0.25) is 0 Å². The molecule has 3 unspecified atom stereocenters. The maximum atomic E-state index is 6.34. The zero-order chi connectivity index (χ0) is 12.5. The highest BCUT2D eigenvalue weighted by molar-refractivity contribution is 6.30. The van der Waals surface area contributed by atoms with Gasteiger partial charge in [0.05, 0.1) is 0 Å². The molecule has 0 aliphatic heterocycles. The summed E-state index contributed by atoms with van der Waals surface area (Å²) in [5.74, 6) is 1.16. The summed E-state index contributed by atoms with van der Waals surface area (Å²) in [6.07, 6.45) is 1.18. The molecule has 1 fully saturated rings. The van der Waals surface area contributed by atoms with Crippen molar-refractivity contribution in [3.05, 3.63) is 70.7 Å². The highest BCUT2D eigenvalue weighted by Gasteiger charge is 2.42. The fourth-order valence-corrected chi connectivity index (χ4v) is 2.85. The molecule has 2 N–H and O–H groups in total. The molecule has 0 heterocycles. The fraction of sp³-hybridized carbons (Fsp3) is 0.250. The SMILES string of the molecule is NC(c1cccc(Cl)c1)C1CC1c1ccccc1. The zero-order valence-electron chi connectivity index (χ0n) is 10.1. The lowest BCUT2D eigenvalue weighted by atomic mass is 10.00. The van der Waals surface area contributed by atoms with Gasteiger partial charge < -0.3 is 5.73 Å². The van der Waals surface area contributed by atoms with Crippen LogP contribution in [0.15, 0.2) is 54.6 Å². The van der Waals surface area contributed by atoms with E-state index in [1.165, 1.54) is 12.0 Å². The van der Waals surface area contributed by atoms with E-state index in [0.29, 0.717) is 11.8 Å². The van der Waals surface area contributed by atoms with Crippen LogP contribution in [-0.4, -0.2) is 0 Å².